The van der Waals surface area contributed by atoms with Crippen LogP contribution in [0.3, 0.4) is 0 Å². The first-order valence-electron chi connectivity index (χ1n) is 10.1. The summed E-state index contributed by atoms with van der Waals surface area (Å²) in [5, 5.41) is 15.7. The molecule has 6 nitrogen and oxygen atoms in total. The Kier molecular flexibility index (Phi) is 4.06. The molecule has 0 saturated carbocycles. The highest BCUT2D eigenvalue weighted by Gasteiger charge is 2.18. The van der Waals surface area contributed by atoms with Gasteiger partial charge in [-0.25, -0.2) is 4.68 Å². The highest BCUT2D eigenvalue weighted by atomic mass is 15.5. The number of fused-ring (bicyclic) bond motifs is 2. The van der Waals surface area contributed by atoms with Gasteiger partial charge in [0.15, 0.2) is 5.82 Å². The van der Waals surface area contributed by atoms with Crippen molar-refractivity contribution in [1.82, 2.24) is 29.8 Å². The third kappa shape index (κ3) is 3.05. The van der Waals surface area contributed by atoms with Gasteiger partial charge in [0.05, 0.1) is 12.1 Å². The summed E-state index contributed by atoms with van der Waals surface area (Å²) in [5.41, 5.74) is 3.89. The summed E-state index contributed by atoms with van der Waals surface area (Å²) in [6, 6.07) is 32.7. The topological polar surface area (TPSA) is 61.4 Å². The highest BCUT2D eigenvalue weighted by molar-refractivity contribution is 5.95. The maximum Gasteiger partial charge on any atom is 0.272 e. The Morgan fingerprint density at radius 2 is 1.48 bits per heavy atom. The summed E-state index contributed by atoms with van der Waals surface area (Å²) in [4.78, 5) is 4.93. The predicted molar refractivity (Wildman–Crippen MR) is 121 cm³/mol. The number of rotatable bonds is 4. The van der Waals surface area contributed by atoms with Gasteiger partial charge in [0.25, 0.3) is 5.95 Å². The van der Waals surface area contributed by atoms with Crippen LogP contribution in [0.4, 0.5) is 0 Å². The molecule has 2 heterocycles. The lowest BCUT2D eigenvalue weighted by atomic mass is 10.0. The molecular formula is C25H18N6. The van der Waals surface area contributed by atoms with Crippen LogP contribution < -0.4 is 0 Å². The molecule has 6 aromatic rings. The Bertz CT molecular complexity index is 1510. The monoisotopic (exact) mass is 402 g/mol. The van der Waals surface area contributed by atoms with Crippen LogP contribution in [0.1, 0.15) is 5.56 Å². The summed E-state index contributed by atoms with van der Waals surface area (Å²) in [6.45, 7) is 0.610. The van der Waals surface area contributed by atoms with Crippen LogP contribution in [0.2, 0.25) is 0 Å². The molecule has 0 N–H and O–H groups in total. The predicted octanol–water partition coefficient (Wildman–Crippen LogP) is 4.88. The summed E-state index contributed by atoms with van der Waals surface area (Å²) in [5.74, 6) is 1.31. The van der Waals surface area contributed by atoms with Crippen molar-refractivity contribution in [3.05, 3.63) is 103 Å². The fourth-order valence-electron chi connectivity index (χ4n) is 3.92. The first-order chi connectivity index (χ1) is 15.4. The number of aromatic nitrogens is 6. The molecule has 0 fully saturated rings. The van der Waals surface area contributed by atoms with Crippen molar-refractivity contribution >= 4 is 21.8 Å². The Balaban J connectivity index is 1.57. The third-order valence-electron chi connectivity index (χ3n) is 5.41. The van der Waals surface area contributed by atoms with Crippen LogP contribution in [-0.4, -0.2) is 29.8 Å². The van der Waals surface area contributed by atoms with Gasteiger partial charge in [-0.2, -0.15) is 9.67 Å². The number of para-hydroxylation sites is 1. The lowest BCUT2D eigenvalue weighted by molar-refractivity contribution is 0.673. The summed E-state index contributed by atoms with van der Waals surface area (Å²) in [7, 11) is 0. The van der Waals surface area contributed by atoms with Gasteiger partial charge in [0.2, 0.25) is 0 Å². The van der Waals surface area contributed by atoms with Gasteiger partial charge in [0.1, 0.15) is 5.52 Å². The first-order valence-corrected chi connectivity index (χ1v) is 10.1. The number of hydrogen-bond donors (Lipinski definition) is 0. The van der Waals surface area contributed by atoms with Crippen molar-refractivity contribution in [1.29, 1.82) is 0 Å². The largest absolute Gasteiger partial charge is 0.272 e. The minimum absolute atomic E-state index is 0.507. The molecule has 0 saturated heterocycles. The quantitative estimate of drug-likeness (QED) is 0.422. The van der Waals surface area contributed by atoms with E-state index < -0.39 is 0 Å². The number of hydrogen-bond acceptors (Lipinski definition) is 4. The molecule has 2 aromatic heterocycles. The summed E-state index contributed by atoms with van der Waals surface area (Å²) < 4.78 is 3.65. The van der Waals surface area contributed by atoms with E-state index >= 15 is 0 Å². The van der Waals surface area contributed by atoms with Crippen LogP contribution in [0.25, 0.3) is 39.1 Å². The molecule has 6 rings (SSSR count). The second-order valence-corrected chi connectivity index (χ2v) is 7.40. The van der Waals surface area contributed by atoms with E-state index in [2.05, 4.69) is 58.8 Å². The second kappa shape index (κ2) is 7.18. The molecule has 0 aliphatic carbocycles. The SMILES string of the molecule is c1ccc(Cn2nc(-n3nnc4ccccc43)nc2-c2cccc3ccccc23)cc1. The van der Waals surface area contributed by atoms with Crippen LogP contribution >= 0.6 is 0 Å². The van der Waals surface area contributed by atoms with Crippen molar-refractivity contribution in [3.8, 4) is 17.3 Å². The summed E-state index contributed by atoms with van der Waals surface area (Å²) >= 11 is 0. The van der Waals surface area contributed by atoms with E-state index in [0.29, 0.717) is 12.5 Å². The van der Waals surface area contributed by atoms with Crippen molar-refractivity contribution in [2.45, 2.75) is 6.54 Å². The van der Waals surface area contributed by atoms with Gasteiger partial charge < -0.3 is 0 Å². The Hall–Kier alpha value is -4.32. The average molecular weight is 402 g/mol. The zero-order valence-electron chi connectivity index (χ0n) is 16.6. The number of benzene rings is 4. The molecule has 0 aliphatic rings. The maximum atomic E-state index is 4.93. The minimum atomic E-state index is 0.507. The molecular weight excluding hydrogens is 384 g/mol. The molecule has 6 heteroatoms. The van der Waals surface area contributed by atoms with Crippen molar-refractivity contribution < 1.29 is 0 Å². The van der Waals surface area contributed by atoms with Crippen molar-refractivity contribution in [2.75, 3.05) is 0 Å². The Morgan fingerprint density at radius 1 is 0.710 bits per heavy atom. The van der Waals surface area contributed by atoms with Crippen LogP contribution in [0.5, 0.6) is 0 Å². The fourth-order valence-corrected chi connectivity index (χ4v) is 3.92. The van der Waals surface area contributed by atoms with E-state index in [9.17, 15) is 0 Å². The van der Waals surface area contributed by atoms with Crippen LogP contribution in [0, 0.1) is 0 Å². The Labute approximate surface area is 178 Å². The Morgan fingerprint density at radius 3 is 2.42 bits per heavy atom. The van der Waals surface area contributed by atoms with E-state index in [4.69, 9.17) is 10.1 Å². The lowest BCUT2D eigenvalue weighted by Gasteiger charge is -2.08. The highest BCUT2D eigenvalue weighted by Crippen LogP contribution is 2.28. The maximum absolute atomic E-state index is 4.93. The van der Waals surface area contributed by atoms with Gasteiger partial charge in [-0.1, -0.05) is 90.1 Å². The van der Waals surface area contributed by atoms with E-state index in [1.807, 2.05) is 53.2 Å². The third-order valence-corrected chi connectivity index (χ3v) is 5.41. The molecule has 0 amide bonds. The van der Waals surface area contributed by atoms with Crippen molar-refractivity contribution in [3.63, 3.8) is 0 Å². The molecule has 0 spiro atoms. The zero-order chi connectivity index (χ0) is 20.6. The van der Waals surface area contributed by atoms with Gasteiger partial charge >= 0.3 is 0 Å². The minimum Gasteiger partial charge on any atom is -0.239 e. The molecule has 0 unspecified atom stereocenters. The van der Waals surface area contributed by atoms with Crippen LogP contribution in [-0.2, 0) is 6.54 Å². The molecule has 4 aromatic carbocycles. The smallest absolute Gasteiger partial charge is 0.239 e. The molecule has 0 aliphatic heterocycles. The standard InChI is InChI=1S/C25H18N6/c1-2-9-18(10-3-1)17-30-24(21-14-8-12-19-11-4-5-13-20(19)21)26-25(28-30)31-23-16-7-6-15-22(23)27-29-31/h1-16H,17H2. The van der Waals surface area contributed by atoms with Gasteiger partial charge in [0, 0.05) is 5.56 Å². The van der Waals surface area contributed by atoms with E-state index in [1.165, 1.54) is 5.39 Å². The fraction of sp³-hybridized carbons (Fsp3) is 0.0400. The zero-order valence-corrected chi connectivity index (χ0v) is 16.6. The second-order valence-electron chi connectivity index (χ2n) is 7.40. The molecule has 0 atom stereocenters. The first kappa shape index (κ1) is 17.5. The van der Waals surface area contributed by atoms with Gasteiger partial charge in [-0.15, -0.1) is 10.2 Å². The normalized spacial score (nSPS) is 11.4. The summed E-state index contributed by atoms with van der Waals surface area (Å²) in [6.07, 6.45) is 0. The number of nitrogens with zero attached hydrogens (tertiary/aromatic N) is 6. The van der Waals surface area contributed by atoms with Gasteiger partial charge in [-0.05, 0) is 28.5 Å². The molecule has 31 heavy (non-hydrogen) atoms. The molecule has 0 bridgehead atoms. The molecule has 148 valence electrons. The van der Waals surface area contributed by atoms with E-state index in [1.54, 1.807) is 4.68 Å². The van der Waals surface area contributed by atoms with E-state index in [-0.39, 0.29) is 0 Å². The van der Waals surface area contributed by atoms with Crippen LogP contribution in [0.15, 0.2) is 97.1 Å². The van der Waals surface area contributed by atoms with Crippen molar-refractivity contribution in [2.24, 2.45) is 0 Å². The lowest BCUT2D eigenvalue weighted by Crippen LogP contribution is -2.05. The molecule has 0 radical (unpaired) electrons. The van der Waals surface area contributed by atoms with Gasteiger partial charge in [-0.3, -0.25) is 0 Å². The van der Waals surface area contributed by atoms with E-state index in [0.717, 1.165) is 33.4 Å². The average Bonchev–Trinajstić information content (AvgIpc) is 3.43.